The van der Waals surface area contributed by atoms with Gasteiger partial charge in [0.15, 0.2) is 0 Å². The molecule has 1 aromatic heterocycles. The largest absolute Gasteiger partial charge is 0.444 e. The van der Waals surface area contributed by atoms with Gasteiger partial charge in [-0.2, -0.15) is 0 Å². The molecule has 0 N–H and O–H groups in total. The summed E-state index contributed by atoms with van der Waals surface area (Å²) >= 11 is 0. The molecule has 8 nitrogen and oxygen atoms in total. The SMILES string of the molecule is Cc1nc2ccccc2c(=O)n1CCCC(=O)N1CC(C)N(C(=O)OC(C)(C)C)CC1C. The maximum Gasteiger partial charge on any atom is 0.410 e. The van der Waals surface area contributed by atoms with Crippen molar-refractivity contribution in [2.75, 3.05) is 13.1 Å². The highest BCUT2D eigenvalue weighted by Crippen LogP contribution is 2.20. The van der Waals surface area contributed by atoms with Gasteiger partial charge in [0, 0.05) is 38.1 Å². The first-order chi connectivity index (χ1) is 15.0. The Balaban J connectivity index is 1.60. The number of aryl methyl sites for hydroxylation is 1. The van der Waals surface area contributed by atoms with Crippen molar-refractivity contribution >= 4 is 22.9 Å². The average molecular weight is 443 g/mol. The third-order valence-electron chi connectivity index (χ3n) is 5.76. The van der Waals surface area contributed by atoms with Gasteiger partial charge in [-0.3, -0.25) is 14.2 Å². The summed E-state index contributed by atoms with van der Waals surface area (Å²) in [5.41, 5.74) is 0.0578. The molecule has 1 aromatic carbocycles. The van der Waals surface area contributed by atoms with Crippen LogP contribution in [0.5, 0.6) is 0 Å². The number of aromatic nitrogens is 2. The fourth-order valence-electron chi connectivity index (χ4n) is 4.12. The van der Waals surface area contributed by atoms with Crippen LogP contribution in [0.4, 0.5) is 4.79 Å². The van der Waals surface area contributed by atoms with Crippen molar-refractivity contribution in [2.24, 2.45) is 0 Å². The number of amides is 2. The topological polar surface area (TPSA) is 84.7 Å². The molecule has 2 unspecified atom stereocenters. The Kier molecular flexibility index (Phi) is 6.91. The number of benzene rings is 1. The first kappa shape index (κ1) is 23.8. The van der Waals surface area contributed by atoms with E-state index >= 15 is 0 Å². The van der Waals surface area contributed by atoms with E-state index in [0.29, 0.717) is 49.2 Å². The molecule has 1 aliphatic heterocycles. The number of rotatable bonds is 4. The van der Waals surface area contributed by atoms with Gasteiger partial charge in [-0.25, -0.2) is 9.78 Å². The van der Waals surface area contributed by atoms with E-state index in [-0.39, 0.29) is 29.6 Å². The predicted molar refractivity (Wildman–Crippen MR) is 124 cm³/mol. The van der Waals surface area contributed by atoms with Gasteiger partial charge in [-0.05, 0) is 60.1 Å². The minimum atomic E-state index is -0.555. The average Bonchev–Trinajstić information content (AvgIpc) is 2.70. The monoisotopic (exact) mass is 442 g/mol. The Morgan fingerprint density at radius 3 is 2.41 bits per heavy atom. The Hall–Kier alpha value is -2.90. The zero-order chi connectivity index (χ0) is 23.6. The second-order valence-corrected chi connectivity index (χ2v) is 9.61. The lowest BCUT2D eigenvalue weighted by molar-refractivity contribution is -0.137. The fraction of sp³-hybridized carbons (Fsp3) is 0.583. The molecular formula is C24H34N4O4. The second kappa shape index (κ2) is 9.30. The van der Waals surface area contributed by atoms with E-state index in [0.717, 1.165) is 0 Å². The van der Waals surface area contributed by atoms with Crippen LogP contribution in [0.15, 0.2) is 29.1 Å². The number of carbonyl (C=O) groups excluding carboxylic acids is 2. The summed E-state index contributed by atoms with van der Waals surface area (Å²) in [6.07, 6.45) is 0.539. The highest BCUT2D eigenvalue weighted by Gasteiger charge is 2.36. The molecule has 0 spiro atoms. The van der Waals surface area contributed by atoms with Gasteiger partial charge in [0.2, 0.25) is 5.91 Å². The Morgan fingerprint density at radius 2 is 1.72 bits per heavy atom. The van der Waals surface area contributed by atoms with Crippen molar-refractivity contribution in [1.82, 2.24) is 19.4 Å². The number of para-hydroxylation sites is 1. The number of fused-ring (bicyclic) bond motifs is 1. The minimum Gasteiger partial charge on any atom is -0.444 e. The molecule has 3 rings (SSSR count). The standard InChI is InChI=1S/C24H34N4O4/c1-16-15-28(23(31)32-24(4,5)6)17(2)14-27(16)21(29)12-9-13-26-18(3)25-20-11-8-7-10-19(20)22(26)30/h7-8,10-11,16-17H,9,12-15H2,1-6H3. The molecule has 0 bridgehead atoms. The third-order valence-corrected chi connectivity index (χ3v) is 5.76. The van der Waals surface area contributed by atoms with Gasteiger partial charge in [-0.1, -0.05) is 12.1 Å². The predicted octanol–water partition coefficient (Wildman–Crippen LogP) is 3.34. The van der Waals surface area contributed by atoms with E-state index in [1.165, 1.54) is 0 Å². The van der Waals surface area contributed by atoms with E-state index in [9.17, 15) is 14.4 Å². The molecule has 2 aromatic rings. The van der Waals surface area contributed by atoms with Gasteiger partial charge in [0.1, 0.15) is 11.4 Å². The van der Waals surface area contributed by atoms with Gasteiger partial charge < -0.3 is 14.5 Å². The van der Waals surface area contributed by atoms with Crippen molar-refractivity contribution in [3.63, 3.8) is 0 Å². The van der Waals surface area contributed by atoms with Crippen molar-refractivity contribution in [1.29, 1.82) is 0 Å². The maximum atomic E-state index is 12.9. The molecule has 8 heteroatoms. The normalized spacial score (nSPS) is 19.3. The second-order valence-electron chi connectivity index (χ2n) is 9.61. The van der Waals surface area contributed by atoms with Crippen LogP contribution in [0.25, 0.3) is 10.9 Å². The van der Waals surface area contributed by atoms with Crippen LogP contribution in [-0.2, 0) is 16.1 Å². The number of ether oxygens (including phenoxy) is 1. The van der Waals surface area contributed by atoms with E-state index in [2.05, 4.69) is 4.98 Å². The molecule has 2 atom stereocenters. The number of hydrogen-bond donors (Lipinski definition) is 0. The highest BCUT2D eigenvalue weighted by atomic mass is 16.6. The van der Waals surface area contributed by atoms with Gasteiger partial charge in [-0.15, -0.1) is 0 Å². The Morgan fingerprint density at radius 1 is 1.09 bits per heavy atom. The quantitative estimate of drug-likeness (QED) is 0.725. The first-order valence-corrected chi connectivity index (χ1v) is 11.2. The molecule has 1 saturated heterocycles. The molecule has 2 heterocycles. The molecule has 0 aliphatic carbocycles. The summed E-state index contributed by atoms with van der Waals surface area (Å²) in [4.78, 5) is 46.3. The fourth-order valence-corrected chi connectivity index (χ4v) is 4.12. The number of piperazine rings is 1. The van der Waals surface area contributed by atoms with Crippen LogP contribution >= 0.6 is 0 Å². The van der Waals surface area contributed by atoms with Crippen LogP contribution in [0, 0.1) is 6.92 Å². The number of nitrogens with zero attached hydrogens (tertiary/aromatic N) is 4. The van der Waals surface area contributed by atoms with Crippen LogP contribution < -0.4 is 5.56 Å². The summed E-state index contributed by atoms with van der Waals surface area (Å²) < 4.78 is 7.14. The van der Waals surface area contributed by atoms with Crippen LogP contribution in [0.2, 0.25) is 0 Å². The van der Waals surface area contributed by atoms with Gasteiger partial charge in [0.25, 0.3) is 5.56 Å². The van der Waals surface area contributed by atoms with Gasteiger partial charge >= 0.3 is 6.09 Å². The summed E-state index contributed by atoms with van der Waals surface area (Å²) in [6.45, 7) is 12.6. The zero-order valence-corrected chi connectivity index (χ0v) is 19.9. The number of hydrogen-bond acceptors (Lipinski definition) is 5. The van der Waals surface area contributed by atoms with E-state index < -0.39 is 5.60 Å². The molecule has 0 radical (unpaired) electrons. The molecule has 174 valence electrons. The van der Waals surface area contributed by atoms with Crippen LogP contribution in [0.1, 0.15) is 53.3 Å². The van der Waals surface area contributed by atoms with Gasteiger partial charge in [0.05, 0.1) is 10.9 Å². The van der Waals surface area contributed by atoms with Crippen molar-refractivity contribution in [3.8, 4) is 0 Å². The summed E-state index contributed by atoms with van der Waals surface area (Å²) in [6, 6.07) is 7.07. The molecule has 32 heavy (non-hydrogen) atoms. The molecular weight excluding hydrogens is 408 g/mol. The summed E-state index contributed by atoms with van der Waals surface area (Å²) in [5, 5.41) is 0.588. The molecule has 1 aliphatic rings. The molecule has 1 fully saturated rings. The molecule has 2 amide bonds. The van der Waals surface area contributed by atoms with Crippen LogP contribution in [0.3, 0.4) is 0 Å². The van der Waals surface area contributed by atoms with Crippen LogP contribution in [-0.4, -0.2) is 62.1 Å². The lowest BCUT2D eigenvalue weighted by Crippen LogP contribution is -2.60. The summed E-state index contributed by atoms with van der Waals surface area (Å²) in [5.74, 6) is 0.682. The summed E-state index contributed by atoms with van der Waals surface area (Å²) in [7, 11) is 0. The molecule has 0 saturated carbocycles. The van der Waals surface area contributed by atoms with E-state index in [1.54, 1.807) is 15.5 Å². The zero-order valence-electron chi connectivity index (χ0n) is 19.9. The minimum absolute atomic E-state index is 0.0349. The highest BCUT2D eigenvalue weighted by molar-refractivity contribution is 5.78. The lowest BCUT2D eigenvalue weighted by atomic mass is 10.1. The first-order valence-electron chi connectivity index (χ1n) is 11.2. The lowest BCUT2D eigenvalue weighted by Gasteiger charge is -2.44. The van der Waals surface area contributed by atoms with Crippen molar-refractivity contribution in [3.05, 3.63) is 40.4 Å². The smallest absolute Gasteiger partial charge is 0.410 e. The van der Waals surface area contributed by atoms with E-state index in [1.807, 2.05) is 64.6 Å². The number of carbonyl (C=O) groups is 2. The van der Waals surface area contributed by atoms with Crippen molar-refractivity contribution in [2.45, 2.75) is 78.6 Å². The Labute approximate surface area is 189 Å². The Bertz CT molecular complexity index is 1060. The van der Waals surface area contributed by atoms with Crippen molar-refractivity contribution < 1.29 is 14.3 Å². The third kappa shape index (κ3) is 5.29. The maximum absolute atomic E-state index is 12.9. The van der Waals surface area contributed by atoms with E-state index in [4.69, 9.17) is 4.74 Å².